The molecule has 0 N–H and O–H groups in total. The van der Waals surface area contributed by atoms with Crippen LogP contribution in [-0.4, -0.2) is 14.2 Å². The highest BCUT2D eigenvalue weighted by atomic mass is 16.5. The molecule has 0 aliphatic rings. The molecule has 0 aliphatic carbocycles. The minimum absolute atomic E-state index is 0.464. The Morgan fingerprint density at radius 2 is 1.25 bits per heavy atom. The van der Waals surface area contributed by atoms with E-state index >= 15 is 0 Å². The van der Waals surface area contributed by atoms with Gasteiger partial charge in [-0.15, -0.1) is 0 Å². The van der Waals surface area contributed by atoms with Gasteiger partial charge in [-0.1, -0.05) is 0 Å². The Hall–Kier alpha value is -1.52. The van der Waals surface area contributed by atoms with Gasteiger partial charge in [-0.3, -0.25) is 0 Å². The molecular weight excluding hydrogens is 208 g/mol. The van der Waals surface area contributed by atoms with Crippen molar-refractivity contribution in [2.45, 2.75) is 13.2 Å². The van der Waals surface area contributed by atoms with Gasteiger partial charge in [-0.2, -0.15) is 0 Å². The molecule has 0 aromatic carbocycles. The van der Waals surface area contributed by atoms with E-state index in [1.165, 1.54) is 0 Å². The molecule has 0 unspecified atom stereocenters. The minimum atomic E-state index is 0.464. The Morgan fingerprint density at radius 1 is 0.812 bits per heavy atom. The summed E-state index contributed by atoms with van der Waals surface area (Å²) in [4.78, 5) is 0. The van der Waals surface area contributed by atoms with Crippen molar-refractivity contribution in [2.75, 3.05) is 14.2 Å². The Balaban J connectivity index is 2.14. The van der Waals surface area contributed by atoms with Crippen molar-refractivity contribution in [3.05, 3.63) is 35.8 Å². The molecule has 0 fully saturated rings. The van der Waals surface area contributed by atoms with Crippen molar-refractivity contribution in [1.82, 2.24) is 0 Å². The zero-order valence-corrected chi connectivity index (χ0v) is 9.36. The number of hydrogen-bond donors (Lipinski definition) is 0. The quantitative estimate of drug-likeness (QED) is 0.780. The van der Waals surface area contributed by atoms with Gasteiger partial charge in [-0.05, 0) is 24.3 Å². The van der Waals surface area contributed by atoms with Crippen LogP contribution in [0.4, 0.5) is 0 Å². The molecule has 0 spiro atoms. The fourth-order valence-electron chi connectivity index (χ4n) is 1.46. The molecule has 16 heavy (non-hydrogen) atoms. The molecule has 2 heterocycles. The van der Waals surface area contributed by atoms with E-state index in [4.69, 9.17) is 18.3 Å². The normalized spacial score (nSPS) is 10.9. The lowest BCUT2D eigenvalue weighted by molar-refractivity contribution is 0.162. The van der Waals surface area contributed by atoms with Gasteiger partial charge >= 0.3 is 0 Å². The van der Waals surface area contributed by atoms with Crippen molar-refractivity contribution in [3.63, 3.8) is 0 Å². The van der Waals surface area contributed by atoms with Gasteiger partial charge < -0.3 is 18.3 Å². The minimum Gasteiger partial charge on any atom is -0.455 e. The molecule has 0 aliphatic heterocycles. The number of rotatable bonds is 5. The maximum atomic E-state index is 5.54. The van der Waals surface area contributed by atoms with Gasteiger partial charge in [0.05, 0.1) is 0 Å². The van der Waals surface area contributed by atoms with E-state index in [0.29, 0.717) is 24.7 Å². The summed E-state index contributed by atoms with van der Waals surface area (Å²) in [5.74, 6) is 2.97. The van der Waals surface area contributed by atoms with E-state index in [9.17, 15) is 0 Å². The Morgan fingerprint density at radius 3 is 1.62 bits per heavy atom. The summed E-state index contributed by atoms with van der Waals surface area (Å²) in [5.41, 5.74) is 0. The van der Waals surface area contributed by atoms with Gasteiger partial charge in [0.1, 0.15) is 24.7 Å². The first-order valence-electron chi connectivity index (χ1n) is 4.99. The summed E-state index contributed by atoms with van der Waals surface area (Å²) < 4.78 is 21.0. The third kappa shape index (κ3) is 2.35. The maximum Gasteiger partial charge on any atom is 0.169 e. The van der Waals surface area contributed by atoms with Crippen molar-refractivity contribution in [1.29, 1.82) is 0 Å². The molecule has 4 nitrogen and oxygen atoms in total. The van der Waals surface area contributed by atoms with E-state index in [-0.39, 0.29) is 0 Å². The highest BCUT2D eigenvalue weighted by Crippen LogP contribution is 2.24. The van der Waals surface area contributed by atoms with Crippen molar-refractivity contribution >= 4 is 0 Å². The lowest BCUT2D eigenvalue weighted by Crippen LogP contribution is -1.82. The summed E-state index contributed by atoms with van der Waals surface area (Å²) in [6.07, 6.45) is 0. The topological polar surface area (TPSA) is 44.7 Å². The average molecular weight is 222 g/mol. The van der Waals surface area contributed by atoms with Crippen LogP contribution < -0.4 is 0 Å². The Labute approximate surface area is 93.8 Å². The van der Waals surface area contributed by atoms with Crippen LogP contribution in [0.2, 0.25) is 0 Å². The molecular formula is C12H14O4. The van der Waals surface area contributed by atoms with Crippen LogP contribution in [0.1, 0.15) is 11.5 Å². The fraction of sp³-hybridized carbons (Fsp3) is 0.333. The lowest BCUT2D eigenvalue weighted by Gasteiger charge is -1.94. The van der Waals surface area contributed by atoms with E-state index in [2.05, 4.69) is 0 Å². The second-order valence-electron chi connectivity index (χ2n) is 3.40. The van der Waals surface area contributed by atoms with Crippen molar-refractivity contribution < 1.29 is 18.3 Å². The second kappa shape index (κ2) is 5.01. The van der Waals surface area contributed by atoms with Gasteiger partial charge in [-0.25, -0.2) is 0 Å². The molecule has 86 valence electrons. The molecule has 2 aromatic heterocycles. The largest absolute Gasteiger partial charge is 0.455 e. The van der Waals surface area contributed by atoms with Crippen LogP contribution in [0.15, 0.2) is 33.1 Å². The fourth-order valence-corrected chi connectivity index (χ4v) is 1.46. The van der Waals surface area contributed by atoms with E-state index in [1.54, 1.807) is 14.2 Å². The average Bonchev–Trinajstić information content (AvgIpc) is 2.87. The Kier molecular flexibility index (Phi) is 3.44. The van der Waals surface area contributed by atoms with Gasteiger partial charge in [0.25, 0.3) is 0 Å². The zero-order chi connectivity index (χ0) is 11.4. The van der Waals surface area contributed by atoms with Gasteiger partial charge in [0, 0.05) is 14.2 Å². The molecule has 0 bridgehead atoms. The predicted molar refractivity (Wildman–Crippen MR) is 57.8 cm³/mol. The number of methoxy groups -OCH3 is 2. The monoisotopic (exact) mass is 222 g/mol. The lowest BCUT2D eigenvalue weighted by atomic mass is 10.3. The molecule has 0 saturated carbocycles. The summed E-state index contributed by atoms with van der Waals surface area (Å²) in [5, 5.41) is 0. The molecule has 4 heteroatoms. The molecule has 0 amide bonds. The highest BCUT2D eigenvalue weighted by Gasteiger charge is 2.09. The maximum absolute atomic E-state index is 5.54. The Bertz CT molecular complexity index is 399. The molecule has 0 atom stereocenters. The SMILES string of the molecule is COCc1ccc(-c2ccc(COC)o2)o1. The first-order chi connectivity index (χ1) is 7.83. The van der Waals surface area contributed by atoms with Crippen LogP contribution >= 0.6 is 0 Å². The summed E-state index contributed by atoms with van der Waals surface area (Å²) in [6.45, 7) is 0.928. The molecule has 0 radical (unpaired) electrons. The first kappa shape index (κ1) is 11.0. The predicted octanol–water partition coefficient (Wildman–Crippen LogP) is 2.83. The molecule has 2 aromatic rings. The summed E-state index contributed by atoms with van der Waals surface area (Å²) >= 11 is 0. The van der Waals surface area contributed by atoms with E-state index in [0.717, 1.165) is 11.5 Å². The molecule has 2 rings (SSSR count). The smallest absolute Gasteiger partial charge is 0.169 e. The molecule has 0 saturated heterocycles. The third-order valence-corrected chi connectivity index (χ3v) is 2.14. The standard InChI is InChI=1S/C12H14O4/c1-13-7-9-3-5-11(15-9)12-6-4-10(16-12)8-14-2/h3-6H,7-8H2,1-2H3. The van der Waals surface area contributed by atoms with Crippen LogP contribution in [0, 0.1) is 0 Å². The van der Waals surface area contributed by atoms with E-state index < -0.39 is 0 Å². The van der Waals surface area contributed by atoms with Crippen LogP contribution in [-0.2, 0) is 22.7 Å². The number of hydrogen-bond acceptors (Lipinski definition) is 4. The zero-order valence-electron chi connectivity index (χ0n) is 9.36. The van der Waals surface area contributed by atoms with Crippen molar-refractivity contribution in [3.8, 4) is 11.5 Å². The number of ether oxygens (including phenoxy) is 2. The van der Waals surface area contributed by atoms with Crippen LogP contribution in [0.3, 0.4) is 0 Å². The van der Waals surface area contributed by atoms with Gasteiger partial charge in [0.2, 0.25) is 0 Å². The van der Waals surface area contributed by atoms with Crippen LogP contribution in [0.25, 0.3) is 11.5 Å². The third-order valence-electron chi connectivity index (χ3n) is 2.14. The number of furan rings is 2. The van der Waals surface area contributed by atoms with E-state index in [1.807, 2.05) is 24.3 Å². The highest BCUT2D eigenvalue weighted by molar-refractivity contribution is 5.50. The van der Waals surface area contributed by atoms with Crippen molar-refractivity contribution in [2.24, 2.45) is 0 Å². The first-order valence-corrected chi connectivity index (χ1v) is 4.99. The van der Waals surface area contributed by atoms with Gasteiger partial charge in [0.15, 0.2) is 11.5 Å². The second-order valence-corrected chi connectivity index (χ2v) is 3.40. The summed E-state index contributed by atoms with van der Waals surface area (Å²) in [7, 11) is 3.26. The summed E-state index contributed by atoms with van der Waals surface area (Å²) in [6, 6.07) is 7.47. The van der Waals surface area contributed by atoms with Crippen LogP contribution in [0.5, 0.6) is 0 Å².